The molecule has 0 spiro atoms. The van der Waals surface area contributed by atoms with Crippen molar-refractivity contribution in [3.8, 4) is 0 Å². The van der Waals surface area contributed by atoms with Gasteiger partial charge in [0.25, 0.3) is 0 Å². The van der Waals surface area contributed by atoms with E-state index >= 15 is 0 Å². The second-order valence-electron chi connectivity index (χ2n) is 1.59. The Morgan fingerprint density at radius 1 is 1.33 bits per heavy atom. The van der Waals surface area contributed by atoms with Crippen molar-refractivity contribution >= 4 is 0 Å². The summed E-state index contributed by atoms with van der Waals surface area (Å²) in [4.78, 5) is 0. The average molecular weight is 127 g/mol. The van der Waals surface area contributed by atoms with E-state index in [9.17, 15) is 0 Å². The normalized spacial score (nSPS) is 6.22. The first-order chi connectivity index (χ1) is 4.27. The molecule has 0 atom stereocenters. The zero-order valence-electron chi connectivity index (χ0n) is 6.86. The molecule has 0 saturated carbocycles. The van der Waals surface area contributed by atoms with Gasteiger partial charge in [-0.1, -0.05) is 26.0 Å². The smallest absolute Gasteiger partial charge is 0.000944 e. The standard InChI is InChI=1S/C6H11N.C2H6/c1-4-7-5-6(2)3;1-2/h4-5,7H,1H2,2-3H3;1-2H3. The van der Waals surface area contributed by atoms with Crippen LogP contribution in [0.15, 0.2) is 24.6 Å². The molecule has 1 heteroatoms. The van der Waals surface area contributed by atoms with Crippen molar-refractivity contribution in [3.63, 3.8) is 0 Å². The summed E-state index contributed by atoms with van der Waals surface area (Å²) in [5.74, 6) is 0. The summed E-state index contributed by atoms with van der Waals surface area (Å²) in [5.41, 5.74) is 1.25. The molecule has 0 aliphatic carbocycles. The Morgan fingerprint density at radius 3 is 1.89 bits per heavy atom. The molecule has 0 amide bonds. The van der Waals surface area contributed by atoms with E-state index < -0.39 is 0 Å². The Morgan fingerprint density at radius 2 is 1.78 bits per heavy atom. The van der Waals surface area contributed by atoms with Crippen LogP contribution in [0, 0.1) is 0 Å². The number of nitrogens with one attached hydrogen (secondary N) is 1. The van der Waals surface area contributed by atoms with Gasteiger partial charge in [-0.3, -0.25) is 0 Å². The molecule has 0 aliphatic rings. The minimum Gasteiger partial charge on any atom is -0.368 e. The second-order valence-corrected chi connectivity index (χ2v) is 1.59. The molecular weight excluding hydrogens is 110 g/mol. The third kappa shape index (κ3) is 18.9. The summed E-state index contributed by atoms with van der Waals surface area (Å²) in [6.07, 6.45) is 3.54. The van der Waals surface area contributed by atoms with Crippen molar-refractivity contribution in [2.75, 3.05) is 0 Å². The second kappa shape index (κ2) is 10.3. The van der Waals surface area contributed by atoms with Crippen LogP contribution in [0.1, 0.15) is 27.7 Å². The fourth-order valence-electron chi connectivity index (χ4n) is 0.226. The summed E-state index contributed by atoms with van der Waals surface area (Å²) in [6, 6.07) is 0. The van der Waals surface area contributed by atoms with Crippen LogP contribution in [0.25, 0.3) is 0 Å². The van der Waals surface area contributed by atoms with Crippen LogP contribution >= 0.6 is 0 Å². The summed E-state index contributed by atoms with van der Waals surface area (Å²) in [5, 5.41) is 2.85. The van der Waals surface area contributed by atoms with E-state index in [4.69, 9.17) is 0 Å². The van der Waals surface area contributed by atoms with E-state index in [0.717, 1.165) is 0 Å². The van der Waals surface area contributed by atoms with Gasteiger partial charge in [0.1, 0.15) is 0 Å². The Hall–Kier alpha value is -0.720. The third-order valence-electron chi connectivity index (χ3n) is 0.490. The first kappa shape index (κ1) is 11.1. The summed E-state index contributed by atoms with van der Waals surface area (Å²) in [7, 11) is 0. The Kier molecular flexibility index (Phi) is 12.7. The lowest BCUT2D eigenvalue weighted by Gasteiger charge is -1.86. The molecule has 0 bridgehead atoms. The zero-order valence-corrected chi connectivity index (χ0v) is 6.86. The van der Waals surface area contributed by atoms with Crippen LogP contribution in [0.5, 0.6) is 0 Å². The summed E-state index contributed by atoms with van der Waals surface area (Å²) < 4.78 is 0. The lowest BCUT2D eigenvalue weighted by Crippen LogP contribution is -1.89. The highest BCUT2D eigenvalue weighted by Crippen LogP contribution is 1.81. The van der Waals surface area contributed by atoms with Crippen LogP contribution in [-0.4, -0.2) is 0 Å². The molecule has 0 fully saturated rings. The van der Waals surface area contributed by atoms with Crippen LogP contribution < -0.4 is 5.32 Å². The Balaban J connectivity index is 0. The minimum atomic E-state index is 1.25. The first-order valence-corrected chi connectivity index (χ1v) is 3.27. The molecule has 54 valence electrons. The van der Waals surface area contributed by atoms with E-state index in [1.165, 1.54) is 5.57 Å². The maximum absolute atomic E-state index is 3.48. The van der Waals surface area contributed by atoms with Gasteiger partial charge in [0.2, 0.25) is 0 Å². The highest BCUT2D eigenvalue weighted by Gasteiger charge is 1.67. The van der Waals surface area contributed by atoms with Gasteiger partial charge in [-0.05, 0) is 26.2 Å². The SMILES string of the molecule is C=CNC=C(C)C.CC. The lowest BCUT2D eigenvalue weighted by atomic mass is 10.4. The maximum Gasteiger partial charge on any atom is -0.000944 e. The highest BCUT2D eigenvalue weighted by molar-refractivity contribution is 4.93. The van der Waals surface area contributed by atoms with Gasteiger partial charge in [-0.2, -0.15) is 0 Å². The largest absolute Gasteiger partial charge is 0.368 e. The molecule has 0 radical (unpaired) electrons. The van der Waals surface area contributed by atoms with Gasteiger partial charge in [0, 0.05) is 0 Å². The Bertz CT molecular complexity index is 78.6. The fraction of sp³-hybridized carbons (Fsp3) is 0.500. The van der Waals surface area contributed by atoms with Crippen LogP contribution in [-0.2, 0) is 0 Å². The monoisotopic (exact) mass is 127 g/mol. The van der Waals surface area contributed by atoms with Crippen molar-refractivity contribution in [1.82, 2.24) is 5.32 Å². The molecule has 0 aromatic heterocycles. The molecule has 0 unspecified atom stereocenters. The maximum atomic E-state index is 3.48. The van der Waals surface area contributed by atoms with Gasteiger partial charge in [-0.25, -0.2) is 0 Å². The topological polar surface area (TPSA) is 12.0 Å². The van der Waals surface area contributed by atoms with Crippen LogP contribution in [0.4, 0.5) is 0 Å². The molecule has 1 N–H and O–H groups in total. The first-order valence-electron chi connectivity index (χ1n) is 3.27. The highest BCUT2D eigenvalue weighted by atomic mass is 14.8. The van der Waals surface area contributed by atoms with Crippen molar-refractivity contribution in [2.45, 2.75) is 27.7 Å². The summed E-state index contributed by atoms with van der Waals surface area (Å²) >= 11 is 0. The minimum absolute atomic E-state index is 1.25. The average Bonchev–Trinajstić information content (AvgIpc) is 1.88. The van der Waals surface area contributed by atoms with Crippen LogP contribution in [0.3, 0.4) is 0 Å². The lowest BCUT2D eigenvalue weighted by molar-refractivity contribution is 1.15. The molecule has 9 heavy (non-hydrogen) atoms. The van der Waals surface area contributed by atoms with Crippen molar-refractivity contribution in [2.24, 2.45) is 0 Å². The van der Waals surface area contributed by atoms with E-state index in [2.05, 4.69) is 11.9 Å². The van der Waals surface area contributed by atoms with E-state index in [1.54, 1.807) is 6.20 Å². The predicted octanol–water partition coefficient (Wildman–Crippen LogP) is 2.67. The number of hydrogen-bond donors (Lipinski definition) is 1. The quantitative estimate of drug-likeness (QED) is 0.601. The number of allylic oxidation sites excluding steroid dienone is 1. The summed E-state index contributed by atoms with van der Waals surface area (Å²) in [6.45, 7) is 11.5. The van der Waals surface area contributed by atoms with Gasteiger partial charge in [0.15, 0.2) is 0 Å². The van der Waals surface area contributed by atoms with Crippen molar-refractivity contribution in [3.05, 3.63) is 24.6 Å². The van der Waals surface area contributed by atoms with Crippen molar-refractivity contribution in [1.29, 1.82) is 0 Å². The molecule has 0 saturated heterocycles. The van der Waals surface area contributed by atoms with Gasteiger partial charge in [-0.15, -0.1) is 0 Å². The molecule has 0 aromatic carbocycles. The van der Waals surface area contributed by atoms with E-state index in [0.29, 0.717) is 0 Å². The molecule has 0 heterocycles. The van der Waals surface area contributed by atoms with E-state index in [-0.39, 0.29) is 0 Å². The fourth-order valence-corrected chi connectivity index (χ4v) is 0.226. The zero-order chi connectivity index (χ0) is 7.70. The van der Waals surface area contributed by atoms with Crippen LogP contribution in [0.2, 0.25) is 0 Å². The number of hydrogen-bond acceptors (Lipinski definition) is 1. The third-order valence-corrected chi connectivity index (χ3v) is 0.490. The Labute approximate surface area is 58.5 Å². The van der Waals surface area contributed by atoms with Gasteiger partial charge < -0.3 is 5.32 Å². The molecule has 0 aliphatic heterocycles. The molecule has 0 aromatic rings. The van der Waals surface area contributed by atoms with Gasteiger partial charge >= 0.3 is 0 Å². The predicted molar refractivity (Wildman–Crippen MR) is 44.1 cm³/mol. The molecule has 0 rings (SSSR count). The molecular formula is C8H17N. The van der Waals surface area contributed by atoms with E-state index in [1.807, 2.05) is 33.9 Å². The molecule has 1 nitrogen and oxygen atoms in total. The number of rotatable bonds is 2. The van der Waals surface area contributed by atoms with Gasteiger partial charge in [0.05, 0.1) is 0 Å². The van der Waals surface area contributed by atoms with Crippen molar-refractivity contribution < 1.29 is 0 Å².